The maximum Gasteiger partial charge on any atom is 0.387 e. The van der Waals surface area contributed by atoms with E-state index in [4.69, 9.17) is 4.74 Å². The summed E-state index contributed by atoms with van der Waals surface area (Å²) in [6.45, 7) is -0.483. The number of halogens is 2. The fourth-order valence-corrected chi connectivity index (χ4v) is 4.91. The van der Waals surface area contributed by atoms with Crippen molar-refractivity contribution in [1.29, 1.82) is 0 Å². The number of carbonyl (C=O) groups is 1. The van der Waals surface area contributed by atoms with Gasteiger partial charge in [-0.25, -0.2) is 4.79 Å². The van der Waals surface area contributed by atoms with E-state index in [1.807, 2.05) is 25.1 Å². The first-order chi connectivity index (χ1) is 16.5. The number of carbonyl (C=O) groups excluding carboxylic acids is 1. The molecule has 1 fully saturated rings. The number of aromatic nitrogens is 1. The highest BCUT2D eigenvalue weighted by molar-refractivity contribution is 7.86. The van der Waals surface area contributed by atoms with Crippen LogP contribution in [0, 0.1) is 0 Å². The van der Waals surface area contributed by atoms with Crippen LogP contribution in [0.5, 0.6) is 5.75 Å². The Morgan fingerprint density at radius 3 is 2.60 bits per heavy atom. The second-order valence-corrected chi connectivity index (χ2v) is 10.4. The first kappa shape index (κ1) is 23.4. The molecule has 1 atom stereocenters. The van der Waals surface area contributed by atoms with E-state index in [2.05, 4.69) is 9.50 Å². The molecule has 3 aromatic rings. The number of benzene rings is 2. The predicted molar refractivity (Wildman–Crippen MR) is 124 cm³/mol. The highest BCUT2D eigenvalue weighted by Gasteiger charge is 2.31. The fraction of sp³-hybridized carbons (Fsp3) is 0.333. The van der Waals surface area contributed by atoms with Gasteiger partial charge in [-0.15, -0.1) is 0 Å². The van der Waals surface area contributed by atoms with Crippen LogP contribution in [-0.2, 0) is 20.8 Å². The summed E-state index contributed by atoms with van der Waals surface area (Å²) in [6.07, 6.45) is 3.25. The third-order valence-corrected chi connectivity index (χ3v) is 6.71. The average Bonchev–Trinajstić information content (AvgIpc) is 3.55. The number of rotatable bonds is 6. The molecule has 2 heterocycles. The van der Waals surface area contributed by atoms with Crippen LogP contribution in [0.3, 0.4) is 0 Å². The van der Waals surface area contributed by atoms with Gasteiger partial charge >= 0.3 is 22.7 Å². The summed E-state index contributed by atoms with van der Waals surface area (Å²) in [5, 5.41) is 3.28. The molecule has 2 aliphatic rings. The Balaban J connectivity index is 1.76. The number of nitrogens with one attached hydrogen (secondary N) is 1. The SMILES string of the molecule is C[C@H]1NCc2cc(-c3ccc4c(=O)c(C(=O)OS(C)(=O)=O)cn(C5CC5)c4c3OC(F)F)ccc21. The smallest absolute Gasteiger partial charge is 0.387 e. The second-order valence-electron chi connectivity index (χ2n) is 8.82. The minimum Gasteiger partial charge on any atom is -0.432 e. The molecule has 0 saturated heterocycles. The van der Waals surface area contributed by atoms with Gasteiger partial charge in [0.25, 0.3) is 0 Å². The maximum atomic E-state index is 13.6. The van der Waals surface area contributed by atoms with Crippen molar-refractivity contribution in [3.05, 3.63) is 63.4 Å². The fourth-order valence-electron chi connectivity index (χ4n) is 4.54. The number of nitrogens with zero attached hydrogens (tertiary/aromatic N) is 1. The Kier molecular flexibility index (Phi) is 5.64. The third kappa shape index (κ3) is 4.41. The van der Waals surface area contributed by atoms with Crippen molar-refractivity contribution >= 4 is 27.0 Å². The summed E-state index contributed by atoms with van der Waals surface area (Å²) in [6, 6.07) is 8.61. The van der Waals surface area contributed by atoms with Crippen LogP contribution >= 0.6 is 0 Å². The lowest BCUT2D eigenvalue weighted by molar-refractivity contribution is -0.0486. The topological polar surface area (TPSA) is 104 Å². The zero-order chi connectivity index (χ0) is 25.1. The predicted octanol–water partition coefficient (Wildman–Crippen LogP) is 3.89. The zero-order valence-electron chi connectivity index (χ0n) is 18.9. The normalized spacial score (nSPS) is 17.6. The Bertz CT molecular complexity index is 1530. The van der Waals surface area contributed by atoms with Gasteiger partial charge in [0, 0.05) is 30.4 Å². The Labute approximate surface area is 199 Å². The van der Waals surface area contributed by atoms with Crippen LogP contribution in [-0.4, -0.2) is 31.8 Å². The van der Waals surface area contributed by atoms with Gasteiger partial charge in [-0.3, -0.25) is 4.79 Å². The van der Waals surface area contributed by atoms with Crippen molar-refractivity contribution in [3.63, 3.8) is 0 Å². The molecule has 0 bridgehead atoms. The first-order valence-corrected chi connectivity index (χ1v) is 12.8. The van der Waals surface area contributed by atoms with Crippen molar-refractivity contribution in [1.82, 2.24) is 9.88 Å². The summed E-state index contributed by atoms with van der Waals surface area (Å²) in [5.74, 6) is -1.50. The largest absolute Gasteiger partial charge is 0.432 e. The molecule has 5 rings (SSSR count). The van der Waals surface area contributed by atoms with E-state index in [9.17, 15) is 26.8 Å². The van der Waals surface area contributed by atoms with Crippen LogP contribution in [0.15, 0.2) is 41.3 Å². The van der Waals surface area contributed by atoms with E-state index in [0.29, 0.717) is 36.8 Å². The molecule has 184 valence electrons. The number of pyridine rings is 1. The molecule has 0 spiro atoms. The Morgan fingerprint density at radius 2 is 1.94 bits per heavy atom. The molecule has 1 N–H and O–H groups in total. The summed E-state index contributed by atoms with van der Waals surface area (Å²) in [5.41, 5.74) is 1.98. The minimum absolute atomic E-state index is 0.0456. The second kappa shape index (κ2) is 8.42. The molecular formula is C24H22F2N2O6S. The number of hydrogen-bond acceptors (Lipinski definition) is 7. The maximum absolute atomic E-state index is 13.6. The quantitative estimate of drug-likeness (QED) is 0.508. The molecular weight excluding hydrogens is 482 g/mol. The van der Waals surface area contributed by atoms with E-state index in [1.54, 1.807) is 0 Å². The summed E-state index contributed by atoms with van der Waals surface area (Å²) >= 11 is 0. The van der Waals surface area contributed by atoms with Gasteiger partial charge in [-0.1, -0.05) is 12.1 Å². The highest BCUT2D eigenvalue weighted by atomic mass is 32.2. The lowest BCUT2D eigenvalue weighted by Crippen LogP contribution is -2.23. The molecule has 2 aromatic carbocycles. The van der Waals surface area contributed by atoms with Crippen molar-refractivity contribution in [3.8, 4) is 16.9 Å². The summed E-state index contributed by atoms with van der Waals surface area (Å²) < 4.78 is 61.0. The van der Waals surface area contributed by atoms with E-state index >= 15 is 0 Å². The minimum atomic E-state index is -4.16. The van der Waals surface area contributed by atoms with Crippen LogP contribution in [0.1, 0.15) is 53.3 Å². The molecule has 0 unspecified atom stereocenters. The van der Waals surface area contributed by atoms with Crippen LogP contribution in [0.4, 0.5) is 8.78 Å². The number of hydrogen-bond donors (Lipinski definition) is 1. The Morgan fingerprint density at radius 1 is 1.20 bits per heavy atom. The van der Waals surface area contributed by atoms with Gasteiger partial charge in [0.2, 0.25) is 5.43 Å². The molecule has 1 aliphatic carbocycles. The average molecular weight is 505 g/mol. The van der Waals surface area contributed by atoms with Crippen LogP contribution in [0.2, 0.25) is 0 Å². The molecule has 35 heavy (non-hydrogen) atoms. The van der Waals surface area contributed by atoms with Gasteiger partial charge in [0.05, 0.1) is 17.2 Å². The lowest BCUT2D eigenvalue weighted by Gasteiger charge is -2.19. The van der Waals surface area contributed by atoms with Gasteiger partial charge in [-0.2, -0.15) is 17.2 Å². The number of fused-ring (bicyclic) bond motifs is 2. The monoisotopic (exact) mass is 504 g/mol. The number of alkyl halides is 2. The summed E-state index contributed by atoms with van der Waals surface area (Å²) in [7, 11) is -4.16. The lowest BCUT2D eigenvalue weighted by atomic mass is 9.96. The molecule has 11 heteroatoms. The van der Waals surface area contributed by atoms with E-state index in [-0.39, 0.29) is 28.7 Å². The molecule has 8 nitrogen and oxygen atoms in total. The van der Waals surface area contributed by atoms with Gasteiger partial charge in [0.1, 0.15) is 5.56 Å². The molecule has 0 radical (unpaired) electrons. The standard InChI is InChI=1S/C24H22F2N2O6S/c1-12-16-6-3-13(9-14(16)10-27-12)17-7-8-18-20(22(17)33-24(25)26)28(15-4-5-15)11-19(21(18)29)23(30)34-35(2,31)32/h3,6-9,11-12,15,24,27H,4-5,10H2,1-2H3/t12-/m1/s1. The van der Waals surface area contributed by atoms with Crippen molar-refractivity contribution in [2.24, 2.45) is 0 Å². The van der Waals surface area contributed by atoms with Crippen molar-refractivity contribution in [2.75, 3.05) is 6.26 Å². The van der Waals surface area contributed by atoms with Gasteiger partial charge in [-0.05, 0) is 54.7 Å². The molecule has 1 aromatic heterocycles. The molecule has 1 saturated carbocycles. The zero-order valence-corrected chi connectivity index (χ0v) is 19.7. The third-order valence-electron chi connectivity index (χ3n) is 6.26. The van der Waals surface area contributed by atoms with Crippen LogP contribution in [0.25, 0.3) is 22.0 Å². The van der Waals surface area contributed by atoms with Gasteiger partial charge < -0.3 is 18.8 Å². The van der Waals surface area contributed by atoms with E-state index in [0.717, 1.165) is 11.1 Å². The van der Waals surface area contributed by atoms with Crippen molar-refractivity contribution < 1.29 is 30.9 Å². The van der Waals surface area contributed by atoms with Crippen molar-refractivity contribution in [2.45, 2.75) is 45.0 Å². The van der Waals surface area contributed by atoms with Gasteiger partial charge in [0.15, 0.2) is 5.75 Å². The summed E-state index contributed by atoms with van der Waals surface area (Å²) in [4.78, 5) is 25.6. The van der Waals surface area contributed by atoms with E-state index < -0.39 is 33.7 Å². The molecule has 1 aliphatic heterocycles. The first-order valence-electron chi connectivity index (χ1n) is 11.0. The van der Waals surface area contributed by atoms with Crippen LogP contribution < -0.4 is 15.5 Å². The molecule has 0 amide bonds. The van der Waals surface area contributed by atoms with E-state index in [1.165, 1.54) is 22.9 Å². The Hall–Kier alpha value is -3.31. The highest BCUT2D eigenvalue weighted by Crippen LogP contribution is 2.44. The number of ether oxygens (including phenoxy) is 1.